The third-order valence-electron chi connectivity index (χ3n) is 5.63. The van der Waals surface area contributed by atoms with Crippen LogP contribution in [0.25, 0.3) is 0 Å². The van der Waals surface area contributed by atoms with E-state index < -0.39 is 0 Å². The molecule has 0 radical (unpaired) electrons. The number of aliphatic imine (C=N–C) groups is 1. The summed E-state index contributed by atoms with van der Waals surface area (Å²) in [5.74, 6) is 3.16. The predicted molar refractivity (Wildman–Crippen MR) is 134 cm³/mol. The Balaban J connectivity index is 0.00000300. The number of guanidine groups is 1. The van der Waals surface area contributed by atoms with Crippen molar-refractivity contribution in [2.24, 2.45) is 4.99 Å². The molecule has 1 aromatic carbocycles. The van der Waals surface area contributed by atoms with Gasteiger partial charge in [-0.1, -0.05) is 12.1 Å². The maximum Gasteiger partial charge on any atom is 0.191 e. The maximum absolute atomic E-state index is 5.67. The highest BCUT2D eigenvalue weighted by molar-refractivity contribution is 14.0. The first-order valence-electron chi connectivity index (χ1n) is 10.7. The summed E-state index contributed by atoms with van der Waals surface area (Å²) in [6, 6.07) is 8.59. The van der Waals surface area contributed by atoms with Crippen molar-refractivity contribution in [3.8, 4) is 5.75 Å². The van der Waals surface area contributed by atoms with Gasteiger partial charge in [0.2, 0.25) is 0 Å². The van der Waals surface area contributed by atoms with Gasteiger partial charge in [-0.2, -0.15) is 11.8 Å². The van der Waals surface area contributed by atoms with E-state index in [1.165, 1.54) is 24.2 Å². The zero-order valence-electron chi connectivity index (χ0n) is 17.7. The lowest BCUT2D eigenvalue weighted by atomic mass is 9.74. The number of hydrogen-bond acceptors (Lipinski definition) is 4. The molecule has 2 heterocycles. The normalized spacial score (nSPS) is 21.3. The van der Waals surface area contributed by atoms with E-state index in [9.17, 15) is 0 Å². The van der Waals surface area contributed by atoms with E-state index in [4.69, 9.17) is 14.5 Å². The van der Waals surface area contributed by atoms with Crippen molar-refractivity contribution in [3.05, 3.63) is 29.8 Å². The molecular formula is C22H36IN3O2S. The SMILES string of the molecule is CCNC(=NCC1(c2ccc(OCC)cc2)CCOCC1)NCC1CCCS1.I. The molecule has 0 saturated carbocycles. The molecule has 0 amide bonds. The van der Waals surface area contributed by atoms with E-state index in [-0.39, 0.29) is 29.4 Å². The number of nitrogens with zero attached hydrogens (tertiary/aromatic N) is 1. The van der Waals surface area contributed by atoms with Gasteiger partial charge >= 0.3 is 0 Å². The van der Waals surface area contributed by atoms with E-state index in [2.05, 4.69) is 53.6 Å². The molecule has 2 N–H and O–H groups in total. The van der Waals surface area contributed by atoms with Crippen molar-refractivity contribution in [3.63, 3.8) is 0 Å². The highest BCUT2D eigenvalue weighted by Crippen LogP contribution is 2.36. The maximum atomic E-state index is 5.67. The molecule has 1 unspecified atom stereocenters. The minimum Gasteiger partial charge on any atom is -0.494 e. The van der Waals surface area contributed by atoms with Crippen LogP contribution in [0.1, 0.15) is 45.1 Å². The van der Waals surface area contributed by atoms with Gasteiger partial charge in [-0.25, -0.2) is 0 Å². The number of halogens is 1. The summed E-state index contributed by atoms with van der Waals surface area (Å²) in [6.45, 7) is 9.08. The number of rotatable bonds is 8. The zero-order valence-corrected chi connectivity index (χ0v) is 20.9. The summed E-state index contributed by atoms with van der Waals surface area (Å²) in [7, 11) is 0. The van der Waals surface area contributed by atoms with Gasteiger partial charge in [-0.05, 0) is 63.0 Å². The fourth-order valence-corrected chi connectivity index (χ4v) is 5.16. The Labute approximate surface area is 197 Å². The second kappa shape index (κ2) is 12.9. The molecule has 2 saturated heterocycles. The van der Waals surface area contributed by atoms with Crippen LogP contribution in [-0.4, -0.2) is 56.4 Å². The standard InChI is InChI=1S/C22H35N3O2S.HI/c1-3-23-21(24-16-20-6-5-15-28-20)25-17-22(11-13-26-14-12-22)18-7-9-19(10-8-18)27-4-2;/h7-10,20H,3-6,11-17H2,1-2H3,(H2,23,24,25);1H. The molecule has 0 aliphatic carbocycles. The third kappa shape index (κ3) is 7.21. The Hall–Kier alpha value is -0.670. The van der Waals surface area contributed by atoms with Crippen molar-refractivity contribution >= 4 is 41.7 Å². The predicted octanol–water partition coefficient (Wildman–Crippen LogP) is 4.20. The minimum absolute atomic E-state index is 0. The highest BCUT2D eigenvalue weighted by atomic mass is 127. The second-order valence-electron chi connectivity index (χ2n) is 7.56. The van der Waals surface area contributed by atoms with Crippen LogP contribution >= 0.6 is 35.7 Å². The van der Waals surface area contributed by atoms with Crippen LogP contribution in [0.15, 0.2) is 29.3 Å². The molecule has 3 rings (SSSR count). The Kier molecular flexibility index (Phi) is 10.9. The van der Waals surface area contributed by atoms with Gasteiger partial charge in [0.15, 0.2) is 5.96 Å². The Morgan fingerprint density at radius 3 is 2.59 bits per heavy atom. The van der Waals surface area contributed by atoms with Crippen LogP contribution in [0.5, 0.6) is 5.75 Å². The van der Waals surface area contributed by atoms with Crippen molar-refractivity contribution < 1.29 is 9.47 Å². The van der Waals surface area contributed by atoms with Crippen LogP contribution < -0.4 is 15.4 Å². The molecule has 0 aromatic heterocycles. The smallest absolute Gasteiger partial charge is 0.191 e. The van der Waals surface area contributed by atoms with Crippen LogP contribution in [0.3, 0.4) is 0 Å². The lowest BCUT2D eigenvalue weighted by Gasteiger charge is -2.36. The molecule has 0 spiro atoms. The quantitative estimate of drug-likeness (QED) is 0.298. The first kappa shape index (κ1) is 24.6. The minimum atomic E-state index is 0. The molecule has 5 nitrogen and oxygen atoms in total. The van der Waals surface area contributed by atoms with Gasteiger partial charge in [-0.15, -0.1) is 24.0 Å². The fraction of sp³-hybridized carbons (Fsp3) is 0.682. The van der Waals surface area contributed by atoms with Gasteiger partial charge in [0.1, 0.15) is 5.75 Å². The second-order valence-corrected chi connectivity index (χ2v) is 8.97. The van der Waals surface area contributed by atoms with Crippen LogP contribution in [0.2, 0.25) is 0 Å². The summed E-state index contributed by atoms with van der Waals surface area (Å²) in [4.78, 5) is 5.00. The molecule has 164 valence electrons. The number of hydrogen-bond donors (Lipinski definition) is 2. The van der Waals surface area contributed by atoms with Gasteiger partial charge in [0, 0.05) is 37.0 Å². The molecule has 7 heteroatoms. The zero-order chi connectivity index (χ0) is 19.7. The summed E-state index contributed by atoms with van der Waals surface area (Å²) < 4.78 is 11.3. The summed E-state index contributed by atoms with van der Waals surface area (Å²) in [6.07, 6.45) is 4.65. The monoisotopic (exact) mass is 533 g/mol. The van der Waals surface area contributed by atoms with Crippen LogP contribution in [0.4, 0.5) is 0 Å². The molecule has 29 heavy (non-hydrogen) atoms. The van der Waals surface area contributed by atoms with Gasteiger partial charge < -0.3 is 20.1 Å². The van der Waals surface area contributed by atoms with Gasteiger partial charge in [0.25, 0.3) is 0 Å². The van der Waals surface area contributed by atoms with E-state index in [1.807, 2.05) is 6.92 Å². The average molecular weight is 534 g/mol. The molecule has 1 atom stereocenters. The molecule has 2 fully saturated rings. The van der Waals surface area contributed by atoms with Crippen molar-refractivity contribution in [2.75, 3.05) is 45.2 Å². The summed E-state index contributed by atoms with van der Waals surface area (Å²) >= 11 is 2.08. The Morgan fingerprint density at radius 2 is 1.97 bits per heavy atom. The first-order valence-corrected chi connectivity index (χ1v) is 11.8. The van der Waals surface area contributed by atoms with Crippen LogP contribution in [-0.2, 0) is 10.2 Å². The number of thioether (sulfide) groups is 1. The largest absolute Gasteiger partial charge is 0.494 e. The lowest BCUT2D eigenvalue weighted by Crippen LogP contribution is -2.42. The lowest BCUT2D eigenvalue weighted by molar-refractivity contribution is 0.0531. The molecule has 2 aliphatic rings. The Morgan fingerprint density at radius 1 is 1.21 bits per heavy atom. The number of nitrogens with one attached hydrogen (secondary N) is 2. The van der Waals surface area contributed by atoms with Gasteiger partial charge in [-0.3, -0.25) is 4.99 Å². The number of benzene rings is 1. The highest BCUT2D eigenvalue weighted by Gasteiger charge is 2.34. The topological polar surface area (TPSA) is 54.9 Å². The van der Waals surface area contributed by atoms with Crippen molar-refractivity contribution in [1.29, 1.82) is 0 Å². The number of ether oxygens (including phenoxy) is 2. The molecule has 2 aliphatic heterocycles. The fourth-order valence-electron chi connectivity index (χ4n) is 3.96. The molecule has 0 bridgehead atoms. The first-order chi connectivity index (χ1) is 13.8. The summed E-state index contributed by atoms with van der Waals surface area (Å²) in [5.41, 5.74) is 1.37. The summed E-state index contributed by atoms with van der Waals surface area (Å²) in [5, 5.41) is 7.70. The van der Waals surface area contributed by atoms with E-state index in [0.29, 0.717) is 11.9 Å². The van der Waals surface area contributed by atoms with E-state index in [1.54, 1.807) is 0 Å². The van der Waals surface area contributed by atoms with E-state index in [0.717, 1.165) is 57.4 Å². The van der Waals surface area contributed by atoms with E-state index >= 15 is 0 Å². The Bertz CT molecular complexity index is 615. The third-order valence-corrected chi connectivity index (χ3v) is 7.03. The average Bonchev–Trinajstić information content (AvgIpc) is 3.25. The molecular weight excluding hydrogens is 497 g/mol. The van der Waals surface area contributed by atoms with Crippen molar-refractivity contribution in [1.82, 2.24) is 10.6 Å². The van der Waals surface area contributed by atoms with Crippen molar-refractivity contribution in [2.45, 2.75) is 50.2 Å². The molecule has 1 aromatic rings. The van der Waals surface area contributed by atoms with Crippen LogP contribution in [0, 0.1) is 0 Å². The van der Waals surface area contributed by atoms with Gasteiger partial charge in [0.05, 0.1) is 13.2 Å².